The van der Waals surface area contributed by atoms with Crippen molar-refractivity contribution in [2.75, 3.05) is 0 Å². The third-order valence-electron chi connectivity index (χ3n) is 3.40. The lowest BCUT2D eigenvalue weighted by atomic mass is 9.77. The van der Waals surface area contributed by atoms with Crippen LogP contribution in [0, 0.1) is 6.92 Å². The zero-order valence-corrected chi connectivity index (χ0v) is 10.5. The summed E-state index contributed by atoms with van der Waals surface area (Å²) in [6.45, 7) is 1.86. The SMILES string of the molecule is Cc1ncsc1-c1nnnn1C1(C(=O)O)CCC1. The van der Waals surface area contributed by atoms with Gasteiger partial charge in [0, 0.05) is 0 Å². The summed E-state index contributed by atoms with van der Waals surface area (Å²) in [5.74, 6) is -0.374. The number of rotatable bonds is 3. The molecule has 3 rings (SSSR count). The van der Waals surface area contributed by atoms with Crippen molar-refractivity contribution < 1.29 is 9.90 Å². The van der Waals surface area contributed by atoms with Gasteiger partial charge in [0.15, 0.2) is 11.4 Å². The summed E-state index contributed by atoms with van der Waals surface area (Å²) in [6.07, 6.45) is 2.02. The molecule has 0 spiro atoms. The minimum Gasteiger partial charge on any atom is -0.479 e. The molecule has 18 heavy (non-hydrogen) atoms. The maximum Gasteiger partial charge on any atom is 0.331 e. The van der Waals surface area contributed by atoms with Gasteiger partial charge in [0.05, 0.1) is 16.1 Å². The molecule has 2 aromatic heterocycles. The van der Waals surface area contributed by atoms with Crippen LogP contribution in [0.3, 0.4) is 0 Å². The molecule has 0 atom stereocenters. The van der Waals surface area contributed by atoms with E-state index in [1.165, 1.54) is 16.0 Å². The van der Waals surface area contributed by atoms with E-state index in [1.54, 1.807) is 5.51 Å². The number of nitrogens with zero attached hydrogens (tertiary/aromatic N) is 5. The summed E-state index contributed by atoms with van der Waals surface area (Å²) in [4.78, 5) is 16.5. The maximum absolute atomic E-state index is 11.5. The van der Waals surface area contributed by atoms with Gasteiger partial charge >= 0.3 is 5.97 Å². The Balaban J connectivity index is 2.13. The molecule has 0 saturated heterocycles. The van der Waals surface area contributed by atoms with E-state index >= 15 is 0 Å². The first-order chi connectivity index (χ1) is 8.65. The molecule has 0 aliphatic heterocycles. The molecule has 0 aromatic carbocycles. The Morgan fingerprint density at radius 2 is 2.33 bits per heavy atom. The van der Waals surface area contributed by atoms with Crippen LogP contribution in [0.15, 0.2) is 5.51 Å². The molecule has 1 N–H and O–H groups in total. The lowest BCUT2D eigenvalue weighted by Crippen LogP contribution is -2.48. The molecular formula is C10H11N5O2S. The summed E-state index contributed by atoms with van der Waals surface area (Å²) in [5, 5.41) is 20.9. The average molecular weight is 265 g/mol. The molecule has 1 aliphatic rings. The highest BCUT2D eigenvalue weighted by atomic mass is 32.1. The van der Waals surface area contributed by atoms with Crippen LogP contribution in [0.4, 0.5) is 0 Å². The molecule has 0 amide bonds. The third kappa shape index (κ3) is 1.38. The largest absolute Gasteiger partial charge is 0.479 e. The van der Waals surface area contributed by atoms with E-state index in [-0.39, 0.29) is 0 Å². The molecule has 1 fully saturated rings. The first-order valence-electron chi connectivity index (χ1n) is 5.58. The second-order valence-electron chi connectivity index (χ2n) is 4.37. The number of hydrogen-bond acceptors (Lipinski definition) is 6. The van der Waals surface area contributed by atoms with E-state index in [1.807, 2.05) is 6.92 Å². The van der Waals surface area contributed by atoms with Crippen molar-refractivity contribution >= 4 is 17.3 Å². The summed E-state index contributed by atoms with van der Waals surface area (Å²) in [7, 11) is 0. The zero-order chi connectivity index (χ0) is 12.8. The Hall–Kier alpha value is -1.83. The number of aromatic nitrogens is 5. The Morgan fingerprint density at radius 1 is 1.56 bits per heavy atom. The molecule has 2 heterocycles. The van der Waals surface area contributed by atoms with Gasteiger partial charge < -0.3 is 5.11 Å². The van der Waals surface area contributed by atoms with Crippen LogP contribution < -0.4 is 0 Å². The smallest absolute Gasteiger partial charge is 0.331 e. The predicted molar refractivity (Wildman–Crippen MR) is 63.1 cm³/mol. The fourth-order valence-electron chi connectivity index (χ4n) is 2.16. The average Bonchev–Trinajstić information content (AvgIpc) is 2.84. The van der Waals surface area contributed by atoms with Gasteiger partial charge in [-0.1, -0.05) is 0 Å². The molecule has 1 saturated carbocycles. The van der Waals surface area contributed by atoms with Gasteiger partial charge in [0.2, 0.25) is 0 Å². The van der Waals surface area contributed by atoms with Gasteiger partial charge in [-0.3, -0.25) is 0 Å². The number of carboxylic acids is 1. The number of carbonyl (C=O) groups is 1. The summed E-state index contributed by atoms with van der Waals surface area (Å²) < 4.78 is 1.44. The number of aryl methyl sites for hydroxylation is 1. The van der Waals surface area contributed by atoms with Gasteiger partial charge in [-0.2, -0.15) is 0 Å². The highest BCUT2D eigenvalue weighted by Gasteiger charge is 2.49. The normalized spacial score (nSPS) is 17.4. The summed E-state index contributed by atoms with van der Waals surface area (Å²) >= 11 is 1.42. The number of tetrazole rings is 1. The quantitative estimate of drug-likeness (QED) is 0.892. The second-order valence-corrected chi connectivity index (χ2v) is 5.23. The molecule has 0 radical (unpaired) electrons. The Labute approximate surface area is 106 Å². The van der Waals surface area contributed by atoms with Gasteiger partial charge in [0.1, 0.15) is 0 Å². The topological polar surface area (TPSA) is 93.8 Å². The molecule has 94 valence electrons. The zero-order valence-electron chi connectivity index (χ0n) is 9.70. The van der Waals surface area contributed by atoms with E-state index in [9.17, 15) is 9.90 Å². The van der Waals surface area contributed by atoms with Crippen molar-refractivity contribution in [2.24, 2.45) is 0 Å². The van der Waals surface area contributed by atoms with Crippen molar-refractivity contribution in [3.63, 3.8) is 0 Å². The highest BCUT2D eigenvalue weighted by Crippen LogP contribution is 2.41. The predicted octanol–water partition coefficient (Wildman–Crippen LogP) is 1.07. The van der Waals surface area contributed by atoms with Crippen LogP contribution in [0.25, 0.3) is 10.7 Å². The standard InChI is InChI=1S/C10H11N5O2S/c1-6-7(18-5-11-6)8-12-13-14-15(8)10(9(16)17)3-2-4-10/h5H,2-4H2,1H3,(H,16,17). The lowest BCUT2D eigenvalue weighted by Gasteiger charge is -2.37. The minimum atomic E-state index is -0.977. The van der Waals surface area contributed by atoms with Crippen LogP contribution in [0.5, 0.6) is 0 Å². The summed E-state index contributed by atoms with van der Waals surface area (Å²) in [6, 6.07) is 0. The van der Waals surface area contributed by atoms with Gasteiger partial charge in [-0.15, -0.1) is 16.4 Å². The van der Waals surface area contributed by atoms with E-state index in [0.29, 0.717) is 18.7 Å². The number of thiazole rings is 1. The van der Waals surface area contributed by atoms with Gasteiger partial charge in [-0.05, 0) is 36.6 Å². The lowest BCUT2D eigenvalue weighted by molar-refractivity contribution is -0.153. The van der Waals surface area contributed by atoms with Crippen molar-refractivity contribution in [3.8, 4) is 10.7 Å². The number of hydrogen-bond donors (Lipinski definition) is 1. The van der Waals surface area contributed by atoms with E-state index < -0.39 is 11.5 Å². The van der Waals surface area contributed by atoms with Crippen LogP contribution in [0.2, 0.25) is 0 Å². The van der Waals surface area contributed by atoms with E-state index in [0.717, 1.165) is 17.0 Å². The molecule has 0 bridgehead atoms. The molecule has 8 heteroatoms. The van der Waals surface area contributed by atoms with Crippen molar-refractivity contribution in [1.82, 2.24) is 25.2 Å². The van der Waals surface area contributed by atoms with E-state index in [2.05, 4.69) is 20.5 Å². The molecule has 0 unspecified atom stereocenters. The monoisotopic (exact) mass is 265 g/mol. The fourth-order valence-corrected chi connectivity index (χ4v) is 2.93. The Bertz CT molecular complexity index is 601. The van der Waals surface area contributed by atoms with Crippen LogP contribution >= 0.6 is 11.3 Å². The minimum absolute atomic E-state index is 0.497. The van der Waals surface area contributed by atoms with E-state index in [4.69, 9.17) is 0 Å². The van der Waals surface area contributed by atoms with Crippen molar-refractivity contribution in [3.05, 3.63) is 11.2 Å². The fraction of sp³-hybridized carbons (Fsp3) is 0.500. The first-order valence-corrected chi connectivity index (χ1v) is 6.46. The molecule has 1 aliphatic carbocycles. The maximum atomic E-state index is 11.5. The van der Waals surface area contributed by atoms with Gasteiger partial charge in [0.25, 0.3) is 0 Å². The highest BCUT2D eigenvalue weighted by molar-refractivity contribution is 7.13. The first kappa shape index (κ1) is 11.3. The Morgan fingerprint density at radius 3 is 2.83 bits per heavy atom. The van der Waals surface area contributed by atoms with Crippen LogP contribution in [-0.2, 0) is 10.3 Å². The van der Waals surface area contributed by atoms with Crippen molar-refractivity contribution in [2.45, 2.75) is 31.7 Å². The molecule has 2 aromatic rings. The van der Waals surface area contributed by atoms with Crippen LogP contribution in [-0.4, -0.2) is 36.3 Å². The number of carboxylic acid groups (broad SMARTS) is 1. The number of aliphatic carboxylic acids is 1. The Kier molecular flexibility index (Phi) is 2.40. The third-order valence-corrected chi connectivity index (χ3v) is 4.33. The van der Waals surface area contributed by atoms with Crippen LogP contribution in [0.1, 0.15) is 25.0 Å². The van der Waals surface area contributed by atoms with Crippen molar-refractivity contribution in [1.29, 1.82) is 0 Å². The summed E-state index contributed by atoms with van der Waals surface area (Å²) in [5.41, 5.74) is 1.54. The second kappa shape index (κ2) is 3.84. The molecular weight excluding hydrogens is 254 g/mol. The molecule has 7 nitrogen and oxygen atoms in total. The van der Waals surface area contributed by atoms with Gasteiger partial charge in [-0.25, -0.2) is 14.5 Å².